The fourth-order valence-electron chi connectivity index (χ4n) is 2.20. The molecule has 3 nitrogen and oxygen atoms in total. The zero-order chi connectivity index (χ0) is 15.2. The van der Waals surface area contributed by atoms with Crippen LogP contribution in [0.2, 0.25) is 0 Å². The maximum Gasteiger partial charge on any atom is 0.118 e. The molecule has 0 aliphatic heterocycles. The van der Waals surface area contributed by atoms with Gasteiger partial charge in [-0.05, 0) is 72.4 Å². The van der Waals surface area contributed by atoms with Crippen molar-refractivity contribution >= 4 is 21.6 Å². The number of hydrogen-bond donors (Lipinski definition) is 1. The van der Waals surface area contributed by atoms with Gasteiger partial charge in [-0.25, -0.2) is 4.98 Å². The Labute approximate surface area is 134 Å². The highest BCUT2D eigenvalue weighted by Gasteiger charge is 2.06. The molecular weight excluding hydrogens is 328 g/mol. The Kier molecular flexibility index (Phi) is 5.62. The SMILES string of the molecule is COc1ccc(CCC(C)Nc2ccc(Br)nc2C)cc1. The quantitative estimate of drug-likeness (QED) is 0.775. The summed E-state index contributed by atoms with van der Waals surface area (Å²) in [4.78, 5) is 4.40. The van der Waals surface area contributed by atoms with Crippen LogP contribution in [-0.2, 0) is 6.42 Å². The van der Waals surface area contributed by atoms with Crippen LogP contribution in [0.25, 0.3) is 0 Å². The number of hydrogen-bond acceptors (Lipinski definition) is 3. The molecule has 0 amide bonds. The van der Waals surface area contributed by atoms with E-state index in [4.69, 9.17) is 4.74 Å². The minimum atomic E-state index is 0.397. The predicted octanol–water partition coefficient (Wildman–Crippen LogP) is 4.59. The van der Waals surface area contributed by atoms with Crippen LogP contribution >= 0.6 is 15.9 Å². The molecule has 0 radical (unpaired) electrons. The third-order valence-corrected chi connectivity index (χ3v) is 3.92. The summed E-state index contributed by atoms with van der Waals surface area (Å²) in [6.07, 6.45) is 2.11. The first kappa shape index (κ1) is 15.8. The Hall–Kier alpha value is -1.55. The Balaban J connectivity index is 1.87. The van der Waals surface area contributed by atoms with E-state index in [1.165, 1.54) is 5.56 Å². The number of benzene rings is 1. The fourth-order valence-corrected chi connectivity index (χ4v) is 2.59. The number of ether oxygens (including phenoxy) is 1. The van der Waals surface area contributed by atoms with E-state index in [0.29, 0.717) is 6.04 Å². The lowest BCUT2D eigenvalue weighted by Crippen LogP contribution is -2.17. The van der Waals surface area contributed by atoms with Crippen molar-refractivity contribution in [1.82, 2.24) is 4.98 Å². The number of aromatic nitrogens is 1. The maximum absolute atomic E-state index is 5.17. The molecule has 1 aromatic heterocycles. The highest BCUT2D eigenvalue weighted by Crippen LogP contribution is 2.19. The van der Waals surface area contributed by atoms with Crippen molar-refractivity contribution in [2.45, 2.75) is 32.7 Å². The average molecular weight is 349 g/mol. The van der Waals surface area contributed by atoms with Crippen LogP contribution in [0.1, 0.15) is 24.6 Å². The smallest absolute Gasteiger partial charge is 0.118 e. The summed E-state index contributed by atoms with van der Waals surface area (Å²) in [7, 11) is 1.69. The summed E-state index contributed by atoms with van der Waals surface area (Å²) in [5.41, 5.74) is 3.44. The van der Waals surface area contributed by atoms with Crippen molar-refractivity contribution in [2.75, 3.05) is 12.4 Å². The van der Waals surface area contributed by atoms with Gasteiger partial charge in [-0.3, -0.25) is 0 Å². The topological polar surface area (TPSA) is 34.1 Å². The van der Waals surface area contributed by atoms with Gasteiger partial charge >= 0.3 is 0 Å². The predicted molar refractivity (Wildman–Crippen MR) is 91.1 cm³/mol. The molecule has 1 unspecified atom stereocenters. The molecular formula is C17H21BrN2O. The van der Waals surface area contributed by atoms with Crippen LogP contribution in [0.4, 0.5) is 5.69 Å². The van der Waals surface area contributed by atoms with Crippen molar-refractivity contribution < 1.29 is 4.74 Å². The first-order valence-electron chi connectivity index (χ1n) is 7.11. The van der Waals surface area contributed by atoms with Crippen molar-refractivity contribution in [2.24, 2.45) is 0 Å². The summed E-state index contributed by atoms with van der Waals surface area (Å²) in [5, 5.41) is 3.52. The summed E-state index contributed by atoms with van der Waals surface area (Å²) in [5.74, 6) is 0.904. The Morgan fingerprint density at radius 3 is 2.52 bits per heavy atom. The Morgan fingerprint density at radius 1 is 1.19 bits per heavy atom. The zero-order valence-electron chi connectivity index (χ0n) is 12.7. The number of halogens is 1. The second-order valence-electron chi connectivity index (χ2n) is 5.20. The van der Waals surface area contributed by atoms with Gasteiger partial charge in [0.25, 0.3) is 0 Å². The van der Waals surface area contributed by atoms with Gasteiger partial charge < -0.3 is 10.1 Å². The summed E-state index contributed by atoms with van der Waals surface area (Å²) in [6.45, 7) is 4.22. The van der Waals surface area contributed by atoms with Gasteiger partial charge in [0.1, 0.15) is 10.4 Å². The summed E-state index contributed by atoms with van der Waals surface area (Å²) < 4.78 is 6.05. The molecule has 0 bridgehead atoms. The lowest BCUT2D eigenvalue weighted by Gasteiger charge is -2.16. The molecule has 112 valence electrons. The first-order valence-corrected chi connectivity index (χ1v) is 7.90. The number of methoxy groups -OCH3 is 1. The van der Waals surface area contributed by atoms with E-state index < -0.39 is 0 Å². The van der Waals surface area contributed by atoms with Crippen LogP contribution in [-0.4, -0.2) is 18.1 Å². The van der Waals surface area contributed by atoms with E-state index in [1.807, 2.05) is 25.1 Å². The second-order valence-corrected chi connectivity index (χ2v) is 6.01. The number of nitrogens with zero attached hydrogens (tertiary/aromatic N) is 1. The molecule has 2 rings (SSSR count). The highest BCUT2D eigenvalue weighted by atomic mass is 79.9. The van der Waals surface area contributed by atoms with Crippen molar-refractivity contribution in [3.8, 4) is 5.75 Å². The van der Waals surface area contributed by atoms with Crippen LogP contribution in [0.15, 0.2) is 41.0 Å². The van der Waals surface area contributed by atoms with Crippen LogP contribution in [0, 0.1) is 6.92 Å². The molecule has 0 fully saturated rings. The van der Waals surface area contributed by atoms with Crippen molar-refractivity contribution in [3.63, 3.8) is 0 Å². The first-order chi connectivity index (χ1) is 10.1. The van der Waals surface area contributed by atoms with Gasteiger partial charge in [0.15, 0.2) is 0 Å². The second kappa shape index (κ2) is 7.46. The van der Waals surface area contributed by atoms with E-state index in [0.717, 1.165) is 34.6 Å². The number of anilines is 1. The minimum absolute atomic E-state index is 0.397. The van der Waals surface area contributed by atoms with Crippen molar-refractivity contribution in [1.29, 1.82) is 0 Å². The third kappa shape index (κ3) is 4.74. The van der Waals surface area contributed by atoms with Crippen molar-refractivity contribution in [3.05, 3.63) is 52.3 Å². The van der Waals surface area contributed by atoms with Gasteiger partial charge in [0.2, 0.25) is 0 Å². The molecule has 2 aromatic rings. The molecule has 0 spiro atoms. The lowest BCUT2D eigenvalue weighted by molar-refractivity contribution is 0.414. The molecule has 1 atom stereocenters. The molecule has 4 heteroatoms. The minimum Gasteiger partial charge on any atom is -0.497 e. The normalized spacial score (nSPS) is 12.0. The van der Waals surface area contributed by atoms with E-state index in [9.17, 15) is 0 Å². The number of pyridine rings is 1. The Bertz CT molecular complexity index is 584. The number of rotatable bonds is 6. The molecule has 0 aliphatic carbocycles. The molecule has 0 aliphatic rings. The average Bonchev–Trinajstić information content (AvgIpc) is 2.48. The van der Waals surface area contributed by atoms with E-state index >= 15 is 0 Å². The monoisotopic (exact) mass is 348 g/mol. The highest BCUT2D eigenvalue weighted by molar-refractivity contribution is 9.10. The van der Waals surface area contributed by atoms with Crippen LogP contribution in [0.5, 0.6) is 5.75 Å². The van der Waals surface area contributed by atoms with E-state index in [-0.39, 0.29) is 0 Å². The van der Waals surface area contributed by atoms with Crippen LogP contribution in [0.3, 0.4) is 0 Å². The number of aryl methyl sites for hydroxylation is 2. The standard InChI is InChI=1S/C17H21BrN2O/c1-12(19-16-10-11-17(18)20-13(16)2)4-5-14-6-8-15(21-3)9-7-14/h6-12,19H,4-5H2,1-3H3. The fraction of sp³-hybridized carbons (Fsp3) is 0.353. The summed E-state index contributed by atoms with van der Waals surface area (Å²) >= 11 is 3.39. The van der Waals surface area contributed by atoms with Crippen LogP contribution < -0.4 is 10.1 Å². The molecule has 21 heavy (non-hydrogen) atoms. The number of nitrogens with one attached hydrogen (secondary N) is 1. The largest absolute Gasteiger partial charge is 0.497 e. The van der Waals surface area contributed by atoms with Gasteiger partial charge in [-0.1, -0.05) is 12.1 Å². The Morgan fingerprint density at radius 2 is 1.90 bits per heavy atom. The molecule has 0 saturated carbocycles. The lowest BCUT2D eigenvalue weighted by atomic mass is 10.1. The van der Waals surface area contributed by atoms with Gasteiger partial charge in [0.05, 0.1) is 18.5 Å². The van der Waals surface area contributed by atoms with Gasteiger partial charge in [-0.2, -0.15) is 0 Å². The maximum atomic E-state index is 5.17. The van der Waals surface area contributed by atoms with E-state index in [1.54, 1.807) is 7.11 Å². The zero-order valence-corrected chi connectivity index (χ0v) is 14.3. The van der Waals surface area contributed by atoms with Gasteiger partial charge in [-0.15, -0.1) is 0 Å². The summed E-state index contributed by atoms with van der Waals surface area (Å²) in [6, 6.07) is 12.7. The third-order valence-electron chi connectivity index (χ3n) is 3.48. The van der Waals surface area contributed by atoms with Gasteiger partial charge in [0, 0.05) is 6.04 Å². The molecule has 1 N–H and O–H groups in total. The molecule has 1 aromatic carbocycles. The molecule has 1 heterocycles. The molecule has 0 saturated heterocycles. The van der Waals surface area contributed by atoms with E-state index in [2.05, 4.69) is 51.4 Å².